The Labute approximate surface area is 159 Å². The number of rotatable bonds is 11. The van der Waals surface area contributed by atoms with Crippen LogP contribution < -0.4 is 16.4 Å². The number of nitrogens with two attached hydrogens (primary N) is 1. The van der Waals surface area contributed by atoms with Crippen molar-refractivity contribution in [3.8, 4) is 11.3 Å². The molecule has 1 aromatic carbocycles. The number of aliphatic imine (C=N–C) groups is 1. The number of anilines is 1. The van der Waals surface area contributed by atoms with Crippen molar-refractivity contribution in [2.75, 3.05) is 11.9 Å². The van der Waals surface area contributed by atoms with Gasteiger partial charge in [0, 0.05) is 17.5 Å². The van der Waals surface area contributed by atoms with Gasteiger partial charge in [0.05, 0.1) is 17.7 Å². The third-order valence-electron chi connectivity index (χ3n) is 3.87. The summed E-state index contributed by atoms with van der Waals surface area (Å²) >= 11 is 1.42. The lowest BCUT2D eigenvalue weighted by atomic mass is 10.1. The molecule has 7 heteroatoms. The molecule has 0 amide bonds. The van der Waals surface area contributed by atoms with Crippen LogP contribution in [0.2, 0.25) is 0 Å². The van der Waals surface area contributed by atoms with Gasteiger partial charge in [-0.25, -0.2) is 9.98 Å². The minimum Gasteiger partial charge on any atom is -0.376 e. The Morgan fingerprint density at radius 2 is 2.08 bits per heavy atom. The number of benzene rings is 1. The lowest BCUT2D eigenvalue weighted by Gasteiger charge is -2.02. The normalized spacial score (nSPS) is 11.0. The van der Waals surface area contributed by atoms with E-state index in [9.17, 15) is 0 Å². The molecule has 0 spiro atoms. The van der Waals surface area contributed by atoms with E-state index in [-0.39, 0.29) is 5.96 Å². The largest absolute Gasteiger partial charge is 0.376 e. The standard InChI is InChI=1S/C19H28N6S/c1-2-3-4-5-6-7-11-22-14-23-16-10-8-9-15(12-16)17-13-26-19(24-17)25-18(20)21/h8-10,12-14H,2-7,11H2,1H3,(H,22,23)(H4,20,21,24,25). The molecule has 6 nitrogen and oxygen atoms in total. The fraction of sp³-hybridized carbons (Fsp3) is 0.421. The van der Waals surface area contributed by atoms with Gasteiger partial charge in [-0.1, -0.05) is 51.2 Å². The van der Waals surface area contributed by atoms with Crippen LogP contribution in [0.15, 0.2) is 34.6 Å². The Morgan fingerprint density at radius 3 is 2.88 bits per heavy atom. The predicted octanol–water partition coefficient (Wildman–Crippen LogP) is 4.73. The quantitative estimate of drug-likeness (QED) is 0.260. The topological polar surface area (TPSA) is 99.2 Å². The molecule has 2 aromatic rings. The van der Waals surface area contributed by atoms with Gasteiger partial charge in [0.1, 0.15) is 0 Å². The van der Waals surface area contributed by atoms with Gasteiger partial charge in [-0.3, -0.25) is 5.41 Å². The van der Waals surface area contributed by atoms with E-state index in [1.54, 1.807) is 6.34 Å². The highest BCUT2D eigenvalue weighted by atomic mass is 32.1. The van der Waals surface area contributed by atoms with Crippen molar-refractivity contribution in [3.05, 3.63) is 29.6 Å². The van der Waals surface area contributed by atoms with Crippen LogP contribution in [-0.4, -0.2) is 23.8 Å². The summed E-state index contributed by atoms with van der Waals surface area (Å²) in [5.41, 5.74) is 8.04. The lowest BCUT2D eigenvalue weighted by molar-refractivity contribution is 0.603. The van der Waals surface area contributed by atoms with Crippen LogP contribution in [0, 0.1) is 5.41 Å². The van der Waals surface area contributed by atoms with Crippen molar-refractivity contribution in [1.29, 1.82) is 5.41 Å². The van der Waals surface area contributed by atoms with Gasteiger partial charge in [0.15, 0.2) is 11.1 Å². The Morgan fingerprint density at radius 1 is 1.27 bits per heavy atom. The zero-order valence-electron chi connectivity index (χ0n) is 15.3. The van der Waals surface area contributed by atoms with Gasteiger partial charge < -0.3 is 16.4 Å². The molecule has 0 aliphatic carbocycles. The van der Waals surface area contributed by atoms with Gasteiger partial charge in [-0.05, 0) is 18.6 Å². The van der Waals surface area contributed by atoms with Gasteiger partial charge >= 0.3 is 0 Å². The number of aromatic nitrogens is 1. The molecule has 0 unspecified atom stereocenters. The summed E-state index contributed by atoms with van der Waals surface area (Å²) < 4.78 is 0. The van der Waals surface area contributed by atoms with Crippen molar-refractivity contribution >= 4 is 34.5 Å². The highest BCUT2D eigenvalue weighted by molar-refractivity contribution is 7.14. The van der Waals surface area contributed by atoms with Gasteiger partial charge in [0.25, 0.3) is 0 Å². The van der Waals surface area contributed by atoms with Crippen LogP contribution in [0.1, 0.15) is 45.4 Å². The first-order chi connectivity index (χ1) is 12.7. The van der Waals surface area contributed by atoms with Crippen LogP contribution in [0.3, 0.4) is 0 Å². The van der Waals surface area contributed by atoms with E-state index in [1.165, 1.54) is 49.9 Å². The fourth-order valence-corrected chi connectivity index (χ4v) is 3.25. The van der Waals surface area contributed by atoms with Crippen LogP contribution in [0.4, 0.5) is 10.8 Å². The van der Waals surface area contributed by atoms with Gasteiger partial charge in [-0.15, -0.1) is 11.3 Å². The Bertz CT molecular complexity index is 710. The monoisotopic (exact) mass is 372 g/mol. The number of nitrogens with zero attached hydrogens (tertiary/aromatic N) is 2. The maximum atomic E-state index is 7.25. The molecule has 0 radical (unpaired) electrons. The molecule has 2 rings (SSSR count). The van der Waals surface area contributed by atoms with Crippen LogP contribution in [0.25, 0.3) is 11.3 Å². The molecule has 0 aliphatic heterocycles. The minimum atomic E-state index is -0.110. The molecule has 26 heavy (non-hydrogen) atoms. The summed E-state index contributed by atoms with van der Waals surface area (Å²) in [6, 6.07) is 7.92. The number of hydrogen-bond acceptors (Lipinski definition) is 4. The molecule has 0 atom stereocenters. The molecule has 1 aromatic heterocycles. The summed E-state index contributed by atoms with van der Waals surface area (Å²) in [6.07, 6.45) is 9.53. The summed E-state index contributed by atoms with van der Waals surface area (Å²) in [6.45, 7) is 3.20. The first-order valence-corrected chi connectivity index (χ1v) is 10.00. The average molecular weight is 373 g/mol. The lowest BCUT2D eigenvalue weighted by Crippen LogP contribution is -2.20. The number of thiazole rings is 1. The fourth-order valence-electron chi connectivity index (χ4n) is 2.52. The highest BCUT2D eigenvalue weighted by Gasteiger charge is 2.05. The van der Waals surface area contributed by atoms with Gasteiger partial charge in [-0.2, -0.15) is 0 Å². The van der Waals surface area contributed by atoms with Crippen LogP contribution in [-0.2, 0) is 0 Å². The summed E-state index contributed by atoms with van der Waals surface area (Å²) in [7, 11) is 0. The SMILES string of the molecule is CCCCCCCCN/C=N\c1cccc(-c2csc(NC(=N)N)n2)c1. The maximum absolute atomic E-state index is 7.25. The third kappa shape index (κ3) is 7.23. The van der Waals surface area contributed by atoms with E-state index in [4.69, 9.17) is 11.1 Å². The molecule has 1 heterocycles. The molecular formula is C19H28N6S. The second-order valence-electron chi connectivity index (χ2n) is 6.11. The van der Waals surface area contributed by atoms with E-state index in [1.807, 2.05) is 29.6 Å². The van der Waals surface area contributed by atoms with Crippen molar-refractivity contribution in [2.45, 2.75) is 45.4 Å². The van der Waals surface area contributed by atoms with Crippen LogP contribution >= 0.6 is 11.3 Å². The number of guanidine groups is 1. The predicted molar refractivity (Wildman–Crippen MR) is 113 cm³/mol. The van der Waals surface area contributed by atoms with E-state index in [0.717, 1.165) is 23.5 Å². The molecule has 0 bridgehead atoms. The third-order valence-corrected chi connectivity index (χ3v) is 4.63. The van der Waals surface area contributed by atoms with Gasteiger partial charge in [0.2, 0.25) is 0 Å². The molecular weight excluding hydrogens is 344 g/mol. The second-order valence-corrected chi connectivity index (χ2v) is 6.97. The summed E-state index contributed by atoms with van der Waals surface area (Å²) in [4.78, 5) is 8.90. The van der Waals surface area contributed by atoms with E-state index < -0.39 is 0 Å². The zero-order chi connectivity index (χ0) is 18.6. The second kappa shape index (κ2) is 11.3. The summed E-state index contributed by atoms with van der Waals surface area (Å²) in [5.74, 6) is -0.110. The molecule has 5 N–H and O–H groups in total. The van der Waals surface area contributed by atoms with Crippen molar-refractivity contribution in [2.24, 2.45) is 10.7 Å². The molecule has 0 saturated carbocycles. The molecule has 0 fully saturated rings. The van der Waals surface area contributed by atoms with E-state index >= 15 is 0 Å². The zero-order valence-corrected chi connectivity index (χ0v) is 16.1. The van der Waals surface area contributed by atoms with E-state index in [0.29, 0.717) is 5.13 Å². The van der Waals surface area contributed by atoms with E-state index in [2.05, 4.69) is 27.5 Å². The first kappa shape index (κ1) is 19.9. The smallest absolute Gasteiger partial charge is 0.192 e. The average Bonchev–Trinajstić information content (AvgIpc) is 3.08. The molecule has 0 aliphatic rings. The summed E-state index contributed by atoms with van der Waals surface area (Å²) in [5, 5.41) is 15.8. The number of nitrogens with one attached hydrogen (secondary N) is 3. The van der Waals surface area contributed by atoms with Crippen LogP contribution in [0.5, 0.6) is 0 Å². The molecule has 0 saturated heterocycles. The van der Waals surface area contributed by atoms with Crippen molar-refractivity contribution in [3.63, 3.8) is 0 Å². The highest BCUT2D eigenvalue weighted by Crippen LogP contribution is 2.27. The van der Waals surface area contributed by atoms with Crippen molar-refractivity contribution < 1.29 is 0 Å². The maximum Gasteiger partial charge on any atom is 0.192 e. The number of hydrogen-bond donors (Lipinski definition) is 4. The Hall–Kier alpha value is -2.41. The Kier molecular flexibility index (Phi) is 8.62. The first-order valence-electron chi connectivity index (χ1n) is 9.12. The minimum absolute atomic E-state index is 0.110. The number of unbranched alkanes of at least 4 members (excludes halogenated alkanes) is 5. The van der Waals surface area contributed by atoms with Crippen molar-refractivity contribution in [1.82, 2.24) is 10.3 Å². The Balaban J connectivity index is 1.79. The molecule has 140 valence electrons.